The predicted molar refractivity (Wildman–Crippen MR) is 71.0 cm³/mol. The van der Waals surface area contributed by atoms with E-state index in [0.717, 1.165) is 5.56 Å². The first-order valence-corrected chi connectivity index (χ1v) is 5.89. The standard InChI is InChI=1S/C14H13F2N3O/c1-8-9(2)19(13(18)10(8)7-17)11-5-3-4-6-12(11)20-14(15)16/h3-6,14H,18H2,1-2H3. The number of nitrogens with zero attached hydrogens (tertiary/aromatic N) is 2. The van der Waals surface area contributed by atoms with Crippen LogP contribution in [-0.4, -0.2) is 11.2 Å². The molecule has 1 aromatic carbocycles. The highest BCUT2D eigenvalue weighted by molar-refractivity contribution is 5.64. The summed E-state index contributed by atoms with van der Waals surface area (Å²) in [6.07, 6.45) is 0. The Morgan fingerprint density at radius 3 is 2.50 bits per heavy atom. The van der Waals surface area contributed by atoms with Gasteiger partial charge in [-0.25, -0.2) is 0 Å². The molecule has 0 fully saturated rings. The van der Waals surface area contributed by atoms with Crippen molar-refractivity contribution in [3.8, 4) is 17.5 Å². The predicted octanol–water partition coefficient (Wildman–Crippen LogP) is 3.15. The number of nitrogens with two attached hydrogens (primary N) is 1. The van der Waals surface area contributed by atoms with Crippen LogP contribution in [-0.2, 0) is 0 Å². The fraction of sp³-hybridized carbons (Fsp3) is 0.214. The second-order valence-electron chi connectivity index (χ2n) is 4.26. The summed E-state index contributed by atoms with van der Waals surface area (Å²) in [5.41, 5.74) is 8.10. The van der Waals surface area contributed by atoms with Crippen molar-refractivity contribution in [3.05, 3.63) is 41.1 Å². The van der Waals surface area contributed by atoms with Gasteiger partial charge in [0, 0.05) is 5.69 Å². The van der Waals surface area contributed by atoms with Crippen molar-refractivity contribution in [3.63, 3.8) is 0 Å². The minimum absolute atomic E-state index is 0.0109. The fourth-order valence-electron chi connectivity index (χ4n) is 2.12. The molecular weight excluding hydrogens is 264 g/mol. The molecule has 4 nitrogen and oxygen atoms in total. The van der Waals surface area contributed by atoms with Crippen molar-refractivity contribution in [1.82, 2.24) is 4.57 Å². The Morgan fingerprint density at radius 2 is 1.95 bits per heavy atom. The highest BCUT2D eigenvalue weighted by atomic mass is 19.3. The number of anilines is 1. The van der Waals surface area contributed by atoms with Crippen molar-refractivity contribution in [2.45, 2.75) is 20.5 Å². The van der Waals surface area contributed by atoms with Crippen molar-refractivity contribution in [1.29, 1.82) is 5.26 Å². The quantitative estimate of drug-likeness (QED) is 0.937. The van der Waals surface area contributed by atoms with E-state index in [1.165, 1.54) is 6.07 Å². The minimum atomic E-state index is -2.93. The zero-order valence-corrected chi connectivity index (χ0v) is 11.0. The molecule has 0 bridgehead atoms. The second kappa shape index (κ2) is 5.21. The van der Waals surface area contributed by atoms with Crippen LogP contribution in [0, 0.1) is 25.2 Å². The van der Waals surface area contributed by atoms with Crippen LogP contribution < -0.4 is 10.5 Å². The normalized spacial score (nSPS) is 10.6. The van der Waals surface area contributed by atoms with E-state index in [1.54, 1.807) is 36.6 Å². The summed E-state index contributed by atoms with van der Waals surface area (Å²) in [5, 5.41) is 9.10. The highest BCUT2D eigenvalue weighted by Crippen LogP contribution is 2.32. The average molecular weight is 277 g/mol. The zero-order chi connectivity index (χ0) is 14.9. The summed E-state index contributed by atoms with van der Waals surface area (Å²) in [6.45, 7) is 0.605. The number of aromatic nitrogens is 1. The fourth-order valence-corrected chi connectivity index (χ4v) is 2.12. The Morgan fingerprint density at radius 1 is 1.30 bits per heavy atom. The van der Waals surface area contributed by atoms with Crippen LogP contribution in [0.2, 0.25) is 0 Å². The maximum atomic E-state index is 12.5. The van der Waals surface area contributed by atoms with Crippen LogP contribution in [0.5, 0.6) is 5.75 Å². The Kier molecular flexibility index (Phi) is 3.61. The summed E-state index contributed by atoms with van der Waals surface area (Å²) in [7, 11) is 0. The van der Waals surface area contributed by atoms with Crippen LogP contribution in [0.15, 0.2) is 24.3 Å². The lowest BCUT2D eigenvalue weighted by Gasteiger charge is -2.14. The van der Waals surface area contributed by atoms with Crippen molar-refractivity contribution < 1.29 is 13.5 Å². The van der Waals surface area contributed by atoms with Gasteiger partial charge in [-0.15, -0.1) is 0 Å². The molecule has 6 heteroatoms. The van der Waals surface area contributed by atoms with Gasteiger partial charge in [-0.1, -0.05) is 12.1 Å². The number of halogens is 2. The van der Waals surface area contributed by atoms with Gasteiger partial charge in [0.15, 0.2) is 0 Å². The van der Waals surface area contributed by atoms with Crippen LogP contribution in [0.1, 0.15) is 16.8 Å². The minimum Gasteiger partial charge on any atom is -0.433 e. The lowest BCUT2D eigenvalue weighted by molar-refractivity contribution is -0.0498. The molecule has 2 rings (SSSR count). The first kappa shape index (κ1) is 13.9. The number of hydrogen-bond donors (Lipinski definition) is 1. The molecule has 1 aromatic heterocycles. The summed E-state index contributed by atoms with van der Waals surface area (Å²) >= 11 is 0. The second-order valence-corrected chi connectivity index (χ2v) is 4.26. The van der Waals surface area contributed by atoms with E-state index in [9.17, 15) is 8.78 Å². The molecule has 1 heterocycles. The van der Waals surface area contributed by atoms with Crippen molar-refractivity contribution in [2.75, 3.05) is 5.73 Å². The van der Waals surface area contributed by atoms with Gasteiger partial charge in [0.25, 0.3) is 0 Å². The van der Waals surface area contributed by atoms with Gasteiger partial charge in [-0.3, -0.25) is 4.57 Å². The van der Waals surface area contributed by atoms with Gasteiger partial charge in [-0.05, 0) is 31.5 Å². The van der Waals surface area contributed by atoms with Gasteiger partial charge in [0.1, 0.15) is 17.6 Å². The molecule has 0 spiro atoms. The largest absolute Gasteiger partial charge is 0.433 e. The number of hydrogen-bond acceptors (Lipinski definition) is 3. The zero-order valence-electron chi connectivity index (χ0n) is 11.0. The Labute approximate surface area is 115 Å². The van der Waals surface area contributed by atoms with Gasteiger partial charge in [-0.2, -0.15) is 14.0 Å². The summed E-state index contributed by atoms with van der Waals surface area (Å²) in [4.78, 5) is 0. The molecule has 20 heavy (non-hydrogen) atoms. The summed E-state index contributed by atoms with van der Waals surface area (Å²) in [5.74, 6) is 0.226. The SMILES string of the molecule is Cc1c(C#N)c(N)n(-c2ccccc2OC(F)F)c1C. The number of benzene rings is 1. The van der Waals surface area contributed by atoms with Gasteiger partial charge in [0.2, 0.25) is 0 Å². The van der Waals surface area contributed by atoms with Crippen LogP contribution in [0.3, 0.4) is 0 Å². The molecule has 2 aromatic rings. The molecule has 0 unspecified atom stereocenters. The van der Waals surface area contributed by atoms with E-state index < -0.39 is 6.61 Å². The number of rotatable bonds is 3. The number of para-hydroxylation sites is 2. The average Bonchev–Trinajstić information content (AvgIpc) is 2.61. The van der Waals surface area contributed by atoms with Crippen LogP contribution in [0.25, 0.3) is 5.69 Å². The van der Waals surface area contributed by atoms with E-state index in [2.05, 4.69) is 4.74 Å². The third-order valence-corrected chi connectivity index (χ3v) is 3.18. The number of ether oxygens (including phenoxy) is 1. The van der Waals surface area contributed by atoms with Crippen molar-refractivity contribution >= 4 is 5.82 Å². The lowest BCUT2D eigenvalue weighted by atomic mass is 10.2. The van der Waals surface area contributed by atoms with E-state index in [-0.39, 0.29) is 11.6 Å². The molecule has 0 aliphatic heterocycles. The number of alkyl halides is 2. The molecule has 2 N–H and O–H groups in total. The topological polar surface area (TPSA) is 64.0 Å². The molecule has 104 valence electrons. The first-order chi connectivity index (χ1) is 9.47. The summed E-state index contributed by atoms with van der Waals surface area (Å²) < 4.78 is 31.0. The van der Waals surface area contributed by atoms with Gasteiger partial charge >= 0.3 is 6.61 Å². The van der Waals surface area contributed by atoms with E-state index in [1.807, 2.05) is 6.07 Å². The molecule has 0 atom stereocenters. The molecular formula is C14H13F2N3O. The van der Waals surface area contributed by atoms with Crippen LogP contribution in [0.4, 0.5) is 14.6 Å². The Hall–Kier alpha value is -2.55. The molecule has 0 aliphatic rings. The van der Waals surface area contributed by atoms with Crippen LogP contribution >= 0.6 is 0 Å². The van der Waals surface area contributed by atoms with E-state index in [4.69, 9.17) is 11.0 Å². The van der Waals surface area contributed by atoms with Gasteiger partial charge in [0.05, 0.1) is 11.3 Å². The van der Waals surface area contributed by atoms with Gasteiger partial charge < -0.3 is 10.5 Å². The van der Waals surface area contributed by atoms with Crippen molar-refractivity contribution in [2.24, 2.45) is 0 Å². The third-order valence-electron chi connectivity index (χ3n) is 3.18. The molecule has 0 radical (unpaired) electrons. The maximum Gasteiger partial charge on any atom is 0.387 e. The lowest BCUT2D eigenvalue weighted by Crippen LogP contribution is -2.08. The Bertz CT molecular complexity index is 686. The molecule has 0 amide bonds. The monoisotopic (exact) mass is 277 g/mol. The number of nitrogen functional groups attached to an aromatic ring is 1. The summed E-state index contributed by atoms with van der Waals surface area (Å²) in [6, 6.07) is 8.35. The Balaban J connectivity index is 2.67. The molecule has 0 aliphatic carbocycles. The smallest absolute Gasteiger partial charge is 0.387 e. The highest BCUT2D eigenvalue weighted by Gasteiger charge is 2.19. The molecule has 0 saturated carbocycles. The maximum absolute atomic E-state index is 12.5. The van der Waals surface area contributed by atoms with E-state index in [0.29, 0.717) is 16.9 Å². The number of nitriles is 1. The molecule has 0 saturated heterocycles. The van der Waals surface area contributed by atoms with E-state index >= 15 is 0 Å². The third kappa shape index (κ3) is 2.18. The first-order valence-electron chi connectivity index (χ1n) is 5.89.